The molecule has 0 radical (unpaired) electrons. The Labute approximate surface area is 183 Å². The third-order valence-corrected chi connectivity index (χ3v) is 6.35. The van der Waals surface area contributed by atoms with Crippen LogP contribution in [0.15, 0.2) is 54.7 Å². The number of carboxylic acids is 1. The maximum atomic E-state index is 13.2. The van der Waals surface area contributed by atoms with Crippen LogP contribution in [0.25, 0.3) is 10.9 Å². The van der Waals surface area contributed by atoms with Gasteiger partial charge in [-0.3, -0.25) is 4.79 Å². The van der Waals surface area contributed by atoms with E-state index in [1.165, 1.54) is 0 Å². The number of aromatic carboxylic acids is 1. The van der Waals surface area contributed by atoms with Gasteiger partial charge in [-0.2, -0.15) is 0 Å². The quantitative estimate of drug-likeness (QED) is 0.626. The van der Waals surface area contributed by atoms with Crippen LogP contribution in [-0.2, 0) is 6.54 Å². The first-order chi connectivity index (χ1) is 14.7. The summed E-state index contributed by atoms with van der Waals surface area (Å²) in [5.74, 6) is -0.306. The minimum atomic E-state index is -0.919. The van der Waals surface area contributed by atoms with E-state index < -0.39 is 5.97 Å². The van der Waals surface area contributed by atoms with Crippen LogP contribution in [0.3, 0.4) is 0 Å². The van der Waals surface area contributed by atoms with Crippen molar-refractivity contribution in [3.8, 4) is 0 Å². The highest BCUT2D eigenvalue weighted by molar-refractivity contribution is 5.98. The van der Waals surface area contributed by atoms with E-state index >= 15 is 0 Å². The van der Waals surface area contributed by atoms with Crippen LogP contribution in [0.5, 0.6) is 0 Å². The number of amides is 1. The largest absolute Gasteiger partial charge is 0.478 e. The van der Waals surface area contributed by atoms with E-state index in [1.54, 1.807) is 12.1 Å². The molecule has 1 amide bonds. The molecule has 1 fully saturated rings. The molecule has 2 aromatic carbocycles. The van der Waals surface area contributed by atoms with Gasteiger partial charge in [0.2, 0.25) is 0 Å². The Balaban J connectivity index is 1.53. The molecule has 1 aliphatic heterocycles. The van der Waals surface area contributed by atoms with E-state index in [0.717, 1.165) is 48.0 Å². The molecule has 1 aromatic heterocycles. The predicted molar refractivity (Wildman–Crippen MR) is 123 cm³/mol. The molecule has 1 saturated heterocycles. The molecule has 1 unspecified atom stereocenters. The van der Waals surface area contributed by atoms with Crippen molar-refractivity contribution >= 4 is 22.8 Å². The number of aromatic nitrogens is 1. The van der Waals surface area contributed by atoms with Gasteiger partial charge in [0.15, 0.2) is 0 Å². The Kier molecular flexibility index (Phi) is 5.61. The third kappa shape index (κ3) is 4.66. The fourth-order valence-corrected chi connectivity index (χ4v) is 4.80. The van der Waals surface area contributed by atoms with Gasteiger partial charge in [-0.25, -0.2) is 4.79 Å². The molecule has 1 N–H and O–H groups in total. The second-order valence-electron chi connectivity index (χ2n) is 9.69. The van der Waals surface area contributed by atoms with Crippen LogP contribution >= 0.6 is 0 Å². The van der Waals surface area contributed by atoms with E-state index in [4.69, 9.17) is 5.11 Å². The zero-order valence-corrected chi connectivity index (χ0v) is 18.5. The summed E-state index contributed by atoms with van der Waals surface area (Å²) in [7, 11) is 0. The van der Waals surface area contributed by atoms with Crippen LogP contribution in [-0.4, -0.2) is 39.5 Å². The van der Waals surface area contributed by atoms with Crippen molar-refractivity contribution in [1.29, 1.82) is 0 Å². The number of carbonyl (C=O) groups excluding carboxylic acids is 1. The third-order valence-electron chi connectivity index (χ3n) is 6.35. The van der Waals surface area contributed by atoms with Crippen molar-refractivity contribution < 1.29 is 14.7 Å². The maximum Gasteiger partial charge on any atom is 0.335 e. The Morgan fingerprint density at radius 1 is 1.06 bits per heavy atom. The van der Waals surface area contributed by atoms with Crippen LogP contribution < -0.4 is 0 Å². The highest BCUT2D eigenvalue weighted by Crippen LogP contribution is 2.33. The topological polar surface area (TPSA) is 62.5 Å². The van der Waals surface area contributed by atoms with Gasteiger partial charge in [0.1, 0.15) is 0 Å². The van der Waals surface area contributed by atoms with Crippen LogP contribution in [0.4, 0.5) is 0 Å². The monoisotopic (exact) mass is 418 g/mol. The Morgan fingerprint density at radius 2 is 1.77 bits per heavy atom. The summed E-state index contributed by atoms with van der Waals surface area (Å²) < 4.78 is 2.12. The number of rotatable bonds is 4. The molecule has 0 spiro atoms. The van der Waals surface area contributed by atoms with Gasteiger partial charge < -0.3 is 14.6 Å². The number of fused-ring (bicyclic) bond motifs is 1. The van der Waals surface area contributed by atoms with Crippen molar-refractivity contribution in [2.75, 3.05) is 13.1 Å². The number of carbonyl (C=O) groups is 2. The lowest BCUT2D eigenvalue weighted by Crippen LogP contribution is -2.34. The van der Waals surface area contributed by atoms with Crippen LogP contribution in [0.1, 0.15) is 59.9 Å². The fraction of sp³-hybridized carbons (Fsp3) is 0.385. The summed E-state index contributed by atoms with van der Waals surface area (Å²) in [6.07, 6.45) is 4.19. The molecule has 0 aliphatic carbocycles. The van der Waals surface area contributed by atoms with Crippen molar-refractivity contribution in [1.82, 2.24) is 9.47 Å². The van der Waals surface area contributed by atoms with Crippen molar-refractivity contribution in [3.63, 3.8) is 0 Å². The minimum absolute atomic E-state index is 0.114. The highest BCUT2D eigenvalue weighted by Gasteiger charge is 2.29. The van der Waals surface area contributed by atoms with E-state index in [0.29, 0.717) is 12.5 Å². The number of hydrogen-bond acceptors (Lipinski definition) is 2. The Hall–Kier alpha value is -3.08. The first-order valence-electron chi connectivity index (χ1n) is 10.9. The smallest absolute Gasteiger partial charge is 0.335 e. The summed E-state index contributed by atoms with van der Waals surface area (Å²) in [4.78, 5) is 26.3. The summed E-state index contributed by atoms with van der Waals surface area (Å²) in [5.41, 5.74) is 3.39. The van der Waals surface area contributed by atoms with Gasteiger partial charge >= 0.3 is 5.97 Å². The van der Waals surface area contributed by atoms with Gasteiger partial charge in [0, 0.05) is 42.3 Å². The number of benzene rings is 2. The maximum absolute atomic E-state index is 13.2. The number of hydrogen-bond donors (Lipinski definition) is 1. The summed E-state index contributed by atoms with van der Waals surface area (Å²) >= 11 is 0. The molecule has 3 aromatic rings. The number of nitrogens with zero attached hydrogens (tertiary/aromatic N) is 2. The lowest BCUT2D eigenvalue weighted by atomic mass is 9.82. The number of likely N-dealkylation sites (tertiary alicyclic amines) is 1. The second kappa shape index (κ2) is 8.22. The first-order valence-corrected chi connectivity index (χ1v) is 10.9. The standard InChI is InChI=1S/C26H30N2O3/c1-18-15-26(2,3)11-13-28(16-18)24(29)22-8-9-23-21(14-22)10-12-27(23)17-19-4-6-20(7-5-19)25(30)31/h4-10,12,14,18H,11,13,15-17H2,1-3H3,(H,30,31). The first kappa shape index (κ1) is 21.2. The van der Waals surface area contributed by atoms with Gasteiger partial charge in [-0.1, -0.05) is 32.9 Å². The molecule has 1 aliphatic rings. The van der Waals surface area contributed by atoms with Crippen LogP contribution in [0.2, 0.25) is 0 Å². The average molecular weight is 419 g/mol. The van der Waals surface area contributed by atoms with Crippen LogP contribution in [0, 0.1) is 11.3 Å². The molecule has 4 rings (SSSR count). The van der Waals surface area contributed by atoms with E-state index in [2.05, 4.69) is 25.3 Å². The zero-order chi connectivity index (χ0) is 22.2. The number of carboxylic acid groups (broad SMARTS) is 1. The predicted octanol–water partition coefficient (Wildman–Crippen LogP) is 5.29. The van der Waals surface area contributed by atoms with Gasteiger partial charge in [-0.15, -0.1) is 0 Å². The molecule has 31 heavy (non-hydrogen) atoms. The summed E-state index contributed by atoms with van der Waals surface area (Å²) in [5, 5.41) is 10.1. The fourth-order valence-electron chi connectivity index (χ4n) is 4.80. The van der Waals surface area contributed by atoms with E-state index in [1.807, 2.05) is 47.5 Å². The van der Waals surface area contributed by atoms with Gasteiger partial charge in [0.05, 0.1) is 5.56 Å². The lowest BCUT2D eigenvalue weighted by Gasteiger charge is -2.23. The van der Waals surface area contributed by atoms with Crippen molar-refractivity contribution in [2.45, 2.75) is 40.2 Å². The molecule has 1 atom stereocenters. The molecule has 5 nitrogen and oxygen atoms in total. The SMILES string of the molecule is CC1CN(C(=O)c2ccc3c(ccn3Cc3ccc(C(=O)O)cc3)c2)CCC(C)(C)C1. The zero-order valence-electron chi connectivity index (χ0n) is 18.5. The van der Waals surface area contributed by atoms with Crippen molar-refractivity contribution in [2.24, 2.45) is 11.3 Å². The normalized spacial score (nSPS) is 18.7. The summed E-state index contributed by atoms with van der Waals surface area (Å²) in [6.45, 7) is 9.09. The molecule has 5 heteroatoms. The minimum Gasteiger partial charge on any atom is -0.478 e. The molecule has 162 valence electrons. The Bertz CT molecular complexity index is 1110. The van der Waals surface area contributed by atoms with Gasteiger partial charge in [-0.05, 0) is 66.1 Å². The summed E-state index contributed by atoms with van der Waals surface area (Å²) in [6, 6.07) is 14.9. The second-order valence-corrected chi connectivity index (χ2v) is 9.69. The Morgan fingerprint density at radius 3 is 2.48 bits per heavy atom. The molecular weight excluding hydrogens is 388 g/mol. The molecule has 0 bridgehead atoms. The van der Waals surface area contributed by atoms with E-state index in [9.17, 15) is 9.59 Å². The lowest BCUT2D eigenvalue weighted by molar-refractivity contribution is 0.0695. The van der Waals surface area contributed by atoms with E-state index in [-0.39, 0.29) is 16.9 Å². The van der Waals surface area contributed by atoms with Crippen molar-refractivity contribution in [3.05, 3.63) is 71.4 Å². The van der Waals surface area contributed by atoms with Gasteiger partial charge in [0.25, 0.3) is 5.91 Å². The molecule has 2 heterocycles. The molecule has 0 saturated carbocycles. The highest BCUT2D eigenvalue weighted by atomic mass is 16.4. The molecular formula is C26H30N2O3. The average Bonchev–Trinajstić information content (AvgIpc) is 3.05.